The summed E-state index contributed by atoms with van der Waals surface area (Å²) in [5, 5.41) is 9.92. The predicted molar refractivity (Wildman–Crippen MR) is 61.4 cm³/mol. The van der Waals surface area contributed by atoms with Crippen molar-refractivity contribution >= 4 is 33.4 Å². The highest BCUT2D eigenvalue weighted by Gasteiger charge is 2.24. The van der Waals surface area contributed by atoms with Crippen LogP contribution in [0.4, 0.5) is 4.79 Å². The molecule has 0 saturated carbocycles. The van der Waals surface area contributed by atoms with E-state index in [9.17, 15) is 4.79 Å². The Bertz CT molecular complexity index is 361. The second kappa shape index (κ2) is 4.49. The second-order valence-electron chi connectivity index (χ2n) is 3.55. The van der Waals surface area contributed by atoms with Gasteiger partial charge in [0.1, 0.15) is 0 Å². The Kier molecular flexibility index (Phi) is 3.25. The number of carboxylic acid groups (broad SMARTS) is 1. The largest absolute Gasteiger partial charge is 0.465 e. The SMILES string of the molecule is O=C(O)N1CCC(c2ncc(Br)s2)CC1. The molecule has 0 unspecified atom stereocenters. The van der Waals surface area contributed by atoms with Gasteiger partial charge in [-0.2, -0.15) is 0 Å². The molecule has 1 saturated heterocycles. The summed E-state index contributed by atoms with van der Waals surface area (Å²) in [5.74, 6) is 0.428. The molecule has 4 nitrogen and oxygen atoms in total. The monoisotopic (exact) mass is 290 g/mol. The molecule has 0 radical (unpaired) electrons. The van der Waals surface area contributed by atoms with E-state index in [0.717, 1.165) is 21.6 Å². The van der Waals surface area contributed by atoms with Crippen molar-refractivity contribution in [2.75, 3.05) is 13.1 Å². The van der Waals surface area contributed by atoms with Crippen molar-refractivity contribution in [3.8, 4) is 0 Å². The van der Waals surface area contributed by atoms with Crippen LogP contribution in [0.15, 0.2) is 9.98 Å². The molecule has 0 aliphatic carbocycles. The Balaban J connectivity index is 1.96. The van der Waals surface area contributed by atoms with Gasteiger partial charge in [-0.05, 0) is 28.8 Å². The molecule has 1 aromatic heterocycles. The number of carbonyl (C=O) groups is 1. The van der Waals surface area contributed by atoms with E-state index >= 15 is 0 Å². The molecule has 6 heteroatoms. The number of piperidine rings is 1. The number of thiazole rings is 1. The van der Waals surface area contributed by atoms with Gasteiger partial charge < -0.3 is 10.0 Å². The summed E-state index contributed by atoms with van der Waals surface area (Å²) < 4.78 is 1.04. The number of likely N-dealkylation sites (tertiary alicyclic amines) is 1. The molecule has 0 spiro atoms. The Morgan fingerprint density at radius 2 is 2.27 bits per heavy atom. The lowest BCUT2D eigenvalue weighted by atomic mass is 9.98. The molecule has 1 amide bonds. The average Bonchev–Trinajstić information content (AvgIpc) is 2.65. The first-order valence-corrected chi connectivity index (χ1v) is 6.37. The summed E-state index contributed by atoms with van der Waals surface area (Å²) in [7, 11) is 0. The zero-order chi connectivity index (χ0) is 10.8. The van der Waals surface area contributed by atoms with Gasteiger partial charge in [0.25, 0.3) is 0 Å². The van der Waals surface area contributed by atoms with Crippen LogP contribution >= 0.6 is 27.3 Å². The summed E-state index contributed by atoms with van der Waals surface area (Å²) in [6, 6.07) is 0. The zero-order valence-corrected chi connectivity index (χ0v) is 10.4. The van der Waals surface area contributed by atoms with Crippen molar-refractivity contribution in [3.05, 3.63) is 15.0 Å². The molecule has 82 valence electrons. The van der Waals surface area contributed by atoms with Gasteiger partial charge >= 0.3 is 6.09 Å². The van der Waals surface area contributed by atoms with Crippen molar-refractivity contribution in [3.63, 3.8) is 0 Å². The van der Waals surface area contributed by atoms with Gasteiger partial charge in [-0.15, -0.1) is 11.3 Å². The van der Waals surface area contributed by atoms with E-state index in [1.807, 2.05) is 6.20 Å². The third-order valence-electron chi connectivity index (χ3n) is 2.61. The van der Waals surface area contributed by atoms with Gasteiger partial charge in [0.15, 0.2) is 0 Å². The van der Waals surface area contributed by atoms with E-state index < -0.39 is 6.09 Å². The lowest BCUT2D eigenvalue weighted by molar-refractivity contribution is 0.132. The number of amides is 1. The number of nitrogens with zero attached hydrogens (tertiary/aromatic N) is 2. The lowest BCUT2D eigenvalue weighted by Gasteiger charge is -2.28. The van der Waals surface area contributed by atoms with E-state index in [1.165, 1.54) is 4.90 Å². The van der Waals surface area contributed by atoms with Crippen molar-refractivity contribution in [2.24, 2.45) is 0 Å². The highest BCUT2D eigenvalue weighted by Crippen LogP contribution is 2.32. The third-order valence-corrected chi connectivity index (χ3v) is 4.25. The minimum Gasteiger partial charge on any atom is -0.465 e. The fourth-order valence-electron chi connectivity index (χ4n) is 1.77. The van der Waals surface area contributed by atoms with Gasteiger partial charge in [0.05, 0.1) is 15.0 Å². The Morgan fingerprint density at radius 3 is 2.73 bits per heavy atom. The first kappa shape index (κ1) is 10.9. The summed E-state index contributed by atoms with van der Waals surface area (Å²) in [6.07, 6.45) is 2.76. The summed E-state index contributed by atoms with van der Waals surface area (Å²) >= 11 is 5.03. The smallest absolute Gasteiger partial charge is 0.407 e. The van der Waals surface area contributed by atoms with E-state index in [4.69, 9.17) is 5.11 Å². The molecular formula is C9H11BrN2O2S. The lowest BCUT2D eigenvalue weighted by Crippen LogP contribution is -2.36. The molecule has 2 rings (SSSR count). The quantitative estimate of drug-likeness (QED) is 0.865. The highest BCUT2D eigenvalue weighted by molar-refractivity contribution is 9.11. The summed E-state index contributed by atoms with van der Waals surface area (Å²) in [4.78, 5) is 16.5. The van der Waals surface area contributed by atoms with Crippen LogP contribution in [0.1, 0.15) is 23.8 Å². The standard InChI is InChI=1S/C9H11BrN2O2S/c10-7-5-11-8(15-7)6-1-3-12(4-2-6)9(13)14/h5-6H,1-4H2,(H,13,14). The van der Waals surface area contributed by atoms with E-state index in [2.05, 4.69) is 20.9 Å². The first-order valence-electron chi connectivity index (χ1n) is 4.76. The van der Waals surface area contributed by atoms with Crippen molar-refractivity contribution in [1.29, 1.82) is 0 Å². The van der Waals surface area contributed by atoms with E-state index in [-0.39, 0.29) is 0 Å². The summed E-state index contributed by atoms with van der Waals surface area (Å²) in [6.45, 7) is 1.24. The molecule has 1 fully saturated rings. The fraction of sp³-hybridized carbons (Fsp3) is 0.556. The topological polar surface area (TPSA) is 53.4 Å². The molecule has 0 atom stereocenters. The van der Waals surface area contributed by atoms with Crippen LogP contribution in [-0.4, -0.2) is 34.2 Å². The number of rotatable bonds is 1. The maximum atomic E-state index is 10.7. The number of aromatic nitrogens is 1. The molecular weight excluding hydrogens is 280 g/mol. The second-order valence-corrected chi connectivity index (χ2v) is 5.99. The normalized spacial score (nSPS) is 18.1. The van der Waals surface area contributed by atoms with Crippen LogP contribution in [-0.2, 0) is 0 Å². The maximum Gasteiger partial charge on any atom is 0.407 e. The third kappa shape index (κ3) is 2.49. The van der Waals surface area contributed by atoms with Crippen LogP contribution < -0.4 is 0 Å². The van der Waals surface area contributed by atoms with Gasteiger partial charge in [-0.1, -0.05) is 0 Å². The minimum absolute atomic E-state index is 0.428. The molecule has 0 bridgehead atoms. The zero-order valence-electron chi connectivity index (χ0n) is 8.02. The molecule has 0 aromatic carbocycles. The van der Waals surface area contributed by atoms with Crippen molar-refractivity contribution in [2.45, 2.75) is 18.8 Å². The van der Waals surface area contributed by atoms with Gasteiger partial charge in [0.2, 0.25) is 0 Å². The Morgan fingerprint density at radius 1 is 1.60 bits per heavy atom. The first-order chi connectivity index (χ1) is 7.16. The maximum absolute atomic E-state index is 10.7. The van der Waals surface area contributed by atoms with Gasteiger partial charge in [-0.25, -0.2) is 9.78 Å². The van der Waals surface area contributed by atoms with Crippen molar-refractivity contribution < 1.29 is 9.90 Å². The molecule has 2 heterocycles. The van der Waals surface area contributed by atoms with Gasteiger partial charge in [0, 0.05) is 19.0 Å². The van der Waals surface area contributed by atoms with Crippen LogP contribution in [0.2, 0.25) is 0 Å². The minimum atomic E-state index is -0.811. The molecule has 1 aliphatic heterocycles. The van der Waals surface area contributed by atoms with E-state index in [0.29, 0.717) is 19.0 Å². The van der Waals surface area contributed by atoms with E-state index in [1.54, 1.807) is 11.3 Å². The van der Waals surface area contributed by atoms with Crippen LogP contribution in [0.3, 0.4) is 0 Å². The molecule has 1 aliphatic rings. The number of hydrogen-bond donors (Lipinski definition) is 1. The predicted octanol–water partition coefficient (Wildman–Crippen LogP) is 2.76. The van der Waals surface area contributed by atoms with Crippen LogP contribution in [0.25, 0.3) is 0 Å². The Labute approximate surface area is 100 Å². The molecule has 1 N–H and O–H groups in total. The fourth-order valence-corrected chi connectivity index (χ4v) is 3.19. The van der Waals surface area contributed by atoms with Crippen LogP contribution in [0.5, 0.6) is 0 Å². The number of halogens is 1. The number of hydrogen-bond acceptors (Lipinski definition) is 3. The van der Waals surface area contributed by atoms with Crippen molar-refractivity contribution in [1.82, 2.24) is 9.88 Å². The Hall–Kier alpha value is -0.620. The highest BCUT2D eigenvalue weighted by atomic mass is 79.9. The molecule has 15 heavy (non-hydrogen) atoms. The average molecular weight is 291 g/mol. The van der Waals surface area contributed by atoms with Gasteiger partial charge in [-0.3, -0.25) is 0 Å². The summed E-state index contributed by atoms with van der Waals surface area (Å²) in [5.41, 5.74) is 0. The molecule has 1 aromatic rings. The van der Waals surface area contributed by atoms with Crippen LogP contribution in [0, 0.1) is 0 Å².